The Balaban J connectivity index is 1.69. The number of aryl methyl sites for hydroxylation is 1. The average Bonchev–Trinajstić information content (AvgIpc) is 2.98. The number of rotatable bonds is 4. The van der Waals surface area contributed by atoms with E-state index in [-0.39, 0.29) is 17.4 Å². The molecule has 2 aromatic rings. The maximum Gasteiger partial charge on any atom is 0.253 e. The summed E-state index contributed by atoms with van der Waals surface area (Å²) in [6.07, 6.45) is 1.13. The predicted octanol–water partition coefficient (Wildman–Crippen LogP) is 2.84. The van der Waals surface area contributed by atoms with Crippen molar-refractivity contribution < 1.29 is 18.5 Å². The number of carbonyl (C=O) groups is 2. The maximum absolute atomic E-state index is 14.1. The number of nitrogens with zero attached hydrogens (tertiary/aromatic N) is 2. The number of halogens is 2. The van der Waals surface area contributed by atoms with E-state index in [2.05, 4.69) is 26.4 Å². The van der Waals surface area contributed by atoms with Crippen LogP contribution in [0.3, 0.4) is 0 Å². The van der Waals surface area contributed by atoms with Crippen molar-refractivity contribution in [2.45, 2.75) is 19.8 Å². The van der Waals surface area contributed by atoms with Crippen molar-refractivity contribution in [2.24, 2.45) is 11.7 Å². The highest BCUT2D eigenvalue weighted by molar-refractivity contribution is 9.10. The molecule has 1 aliphatic rings. The number of primary amides is 1. The van der Waals surface area contributed by atoms with Crippen molar-refractivity contribution in [3.05, 3.63) is 39.8 Å². The van der Waals surface area contributed by atoms with Crippen molar-refractivity contribution in [2.75, 3.05) is 23.3 Å². The molecule has 3 N–H and O–H groups in total. The maximum atomic E-state index is 14.1. The lowest BCUT2D eigenvalue weighted by Crippen LogP contribution is -2.39. The number of hydrogen-bond acceptors (Lipinski definition) is 5. The number of benzene rings is 1. The van der Waals surface area contributed by atoms with E-state index in [1.54, 1.807) is 19.1 Å². The lowest BCUT2D eigenvalue weighted by Gasteiger charge is -2.34. The van der Waals surface area contributed by atoms with Gasteiger partial charge >= 0.3 is 0 Å². The van der Waals surface area contributed by atoms with Crippen LogP contribution in [0.2, 0.25) is 0 Å². The van der Waals surface area contributed by atoms with Gasteiger partial charge in [-0.2, -0.15) is 0 Å². The predicted molar refractivity (Wildman–Crippen MR) is 97.4 cm³/mol. The van der Waals surface area contributed by atoms with Crippen LogP contribution in [0.4, 0.5) is 15.9 Å². The summed E-state index contributed by atoms with van der Waals surface area (Å²) in [5, 5.41) is 6.48. The van der Waals surface area contributed by atoms with Crippen LogP contribution in [0, 0.1) is 18.7 Å². The van der Waals surface area contributed by atoms with E-state index in [1.165, 1.54) is 6.07 Å². The fourth-order valence-corrected chi connectivity index (χ4v) is 3.51. The molecule has 26 heavy (non-hydrogen) atoms. The molecule has 2 heterocycles. The van der Waals surface area contributed by atoms with Crippen LogP contribution >= 0.6 is 15.9 Å². The minimum absolute atomic E-state index is 0.130. The van der Waals surface area contributed by atoms with Gasteiger partial charge in [-0.3, -0.25) is 9.59 Å². The summed E-state index contributed by atoms with van der Waals surface area (Å²) in [7, 11) is 0. The third-order valence-electron chi connectivity index (χ3n) is 4.37. The van der Waals surface area contributed by atoms with Gasteiger partial charge in [0.05, 0.1) is 11.3 Å². The van der Waals surface area contributed by atoms with Gasteiger partial charge in [-0.05, 0) is 31.9 Å². The molecule has 0 aliphatic carbocycles. The number of carbonyl (C=O) groups excluding carboxylic acids is 2. The summed E-state index contributed by atoms with van der Waals surface area (Å²) >= 11 is 3.24. The zero-order chi connectivity index (χ0) is 18.8. The Bertz CT molecular complexity index is 847. The minimum atomic E-state index is -0.814. The molecule has 2 amide bonds. The highest BCUT2D eigenvalue weighted by Gasteiger charge is 2.28. The van der Waals surface area contributed by atoms with Gasteiger partial charge in [0.25, 0.3) is 5.91 Å². The van der Waals surface area contributed by atoms with E-state index >= 15 is 0 Å². The molecule has 0 atom stereocenters. The molecule has 0 radical (unpaired) electrons. The number of amides is 2. The van der Waals surface area contributed by atoms with Gasteiger partial charge in [0.1, 0.15) is 11.6 Å². The van der Waals surface area contributed by atoms with E-state index in [0.717, 1.165) is 0 Å². The lowest BCUT2D eigenvalue weighted by atomic mass is 9.95. The Morgan fingerprint density at radius 1 is 1.35 bits per heavy atom. The Hall–Kier alpha value is -2.42. The molecule has 1 aromatic heterocycles. The van der Waals surface area contributed by atoms with Gasteiger partial charge in [0, 0.05) is 29.5 Å². The second-order valence-corrected chi connectivity index (χ2v) is 7.14. The Morgan fingerprint density at radius 3 is 2.62 bits per heavy atom. The molecule has 1 aliphatic heterocycles. The van der Waals surface area contributed by atoms with Gasteiger partial charge in [-0.15, -0.1) is 0 Å². The van der Waals surface area contributed by atoms with E-state index in [1.807, 2.05) is 4.90 Å². The highest BCUT2D eigenvalue weighted by Crippen LogP contribution is 2.31. The van der Waals surface area contributed by atoms with Gasteiger partial charge < -0.3 is 20.5 Å². The second-order valence-electron chi connectivity index (χ2n) is 6.22. The molecule has 1 fully saturated rings. The molecule has 0 bridgehead atoms. The van der Waals surface area contributed by atoms with Crippen molar-refractivity contribution in [1.29, 1.82) is 0 Å². The van der Waals surface area contributed by atoms with Crippen molar-refractivity contribution in [3.8, 4) is 0 Å². The Labute approximate surface area is 157 Å². The van der Waals surface area contributed by atoms with Gasteiger partial charge in [-0.1, -0.05) is 21.1 Å². The topological polar surface area (TPSA) is 101 Å². The fourth-order valence-electron chi connectivity index (χ4n) is 3.09. The quantitative estimate of drug-likeness (QED) is 0.785. The Kier molecular flexibility index (Phi) is 5.26. The number of piperidine rings is 1. The van der Waals surface area contributed by atoms with E-state index in [4.69, 9.17) is 10.3 Å². The van der Waals surface area contributed by atoms with Gasteiger partial charge in [0.15, 0.2) is 5.82 Å². The van der Waals surface area contributed by atoms with Crippen molar-refractivity contribution >= 4 is 39.2 Å². The van der Waals surface area contributed by atoms with Crippen molar-refractivity contribution in [3.63, 3.8) is 0 Å². The van der Waals surface area contributed by atoms with Gasteiger partial charge in [0.2, 0.25) is 5.91 Å². The van der Waals surface area contributed by atoms with Gasteiger partial charge in [-0.25, -0.2) is 4.39 Å². The molecule has 138 valence electrons. The smallest absolute Gasteiger partial charge is 0.253 e. The first-order chi connectivity index (χ1) is 12.3. The monoisotopic (exact) mass is 424 g/mol. The third-order valence-corrected chi connectivity index (χ3v) is 4.82. The largest absolute Gasteiger partial charge is 0.371 e. The first-order valence-electron chi connectivity index (χ1n) is 8.13. The molecule has 7 nitrogen and oxygen atoms in total. The number of nitrogens with one attached hydrogen (secondary N) is 1. The fraction of sp³-hybridized carbons (Fsp3) is 0.353. The normalized spacial score (nSPS) is 15.1. The Morgan fingerprint density at radius 2 is 2.04 bits per heavy atom. The first kappa shape index (κ1) is 18.4. The molecule has 3 rings (SSSR count). The standard InChI is InChI=1S/C17H18BrFN4O3/c1-9-6-14(22-26-9)21-17(25)10-2-4-23(5-3-10)13-8-11(18)7-12(19)15(13)16(20)24/h6-8,10H,2-5H2,1H3,(H2,20,24)(H,21,22,25). The number of nitrogens with two attached hydrogens (primary N) is 1. The first-order valence-corrected chi connectivity index (χ1v) is 8.92. The molecule has 1 aromatic carbocycles. The number of anilines is 2. The summed E-state index contributed by atoms with van der Waals surface area (Å²) in [4.78, 5) is 25.9. The third kappa shape index (κ3) is 3.87. The summed E-state index contributed by atoms with van der Waals surface area (Å²) < 4.78 is 19.6. The van der Waals surface area contributed by atoms with Crippen LogP contribution in [0.25, 0.3) is 0 Å². The second kappa shape index (κ2) is 7.45. The molecule has 1 saturated heterocycles. The van der Waals surface area contributed by atoms with Crippen LogP contribution in [0.15, 0.2) is 27.2 Å². The highest BCUT2D eigenvalue weighted by atomic mass is 79.9. The molecule has 0 spiro atoms. The molecule has 0 unspecified atom stereocenters. The molecule has 9 heteroatoms. The average molecular weight is 425 g/mol. The zero-order valence-electron chi connectivity index (χ0n) is 14.1. The molecular formula is C17H18BrFN4O3. The summed E-state index contributed by atoms with van der Waals surface area (Å²) in [6.45, 7) is 2.76. The van der Waals surface area contributed by atoms with Crippen LogP contribution in [0.5, 0.6) is 0 Å². The number of hydrogen-bond donors (Lipinski definition) is 2. The molecular weight excluding hydrogens is 407 g/mol. The summed E-state index contributed by atoms with van der Waals surface area (Å²) in [6, 6.07) is 4.53. The van der Waals surface area contributed by atoms with Crippen LogP contribution < -0.4 is 16.0 Å². The lowest BCUT2D eigenvalue weighted by molar-refractivity contribution is -0.120. The van der Waals surface area contributed by atoms with E-state index < -0.39 is 11.7 Å². The van der Waals surface area contributed by atoms with E-state index in [0.29, 0.717) is 47.7 Å². The summed E-state index contributed by atoms with van der Waals surface area (Å²) in [5.74, 6) is -0.800. The van der Waals surface area contributed by atoms with E-state index in [9.17, 15) is 14.0 Å². The van der Waals surface area contributed by atoms with Crippen LogP contribution in [-0.2, 0) is 4.79 Å². The minimum Gasteiger partial charge on any atom is -0.371 e. The zero-order valence-corrected chi connectivity index (χ0v) is 15.7. The van der Waals surface area contributed by atoms with Crippen LogP contribution in [0.1, 0.15) is 29.0 Å². The SMILES string of the molecule is Cc1cc(NC(=O)C2CCN(c3cc(Br)cc(F)c3C(N)=O)CC2)no1. The summed E-state index contributed by atoms with van der Waals surface area (Å²) in [5.41, 5.74) is 5.64. The van der Waals surface area contributed by atoms with Crippen LogP contribution in [-0.4, -0.2) is 30.1 Å². The van der Waals surface area contributed by atoms with Crippen molar-refractivity contribution in [1.82, 2.24) is 5.16 Å². The molecule has 0 saturated carbocycles. The number of aromatic nitrogens is 1.